The Morgan fingerprint density at radius 3 is 2.45 bits per heavy atom. The van der Waals surface area contributed by atoms with Gasteiger partial charge in [0, 0.05) is 12.1 Å². The minimum Gasteiger partial charge on any atom is -0.302 e. The third kappa shape index (κ3) is 4.75. The minimum atomic E-state index is -0.330. The number of hydrogen-bond donors (Lipinski definition) is 0. The first-order valence-corrected chi connectivity index (χ1v) is 10.7. The fourth-order valence-electron chi connectivity index (χ4n) is 3.24. The second-order valence-electron chi connectivity index (χ2n) is 7.75. The van der Waals surface area contributed by atoms with Gasteiger partial charge in [-0.25, -0.2) is 4.39 Å². The van der Waals surface area contributed by atoms with Crippen molar-refractivity contribution >= 4 is 17.5 Å². The molecule has 0 unspecified atom stereocenters. The lowest BCUT2D eigenvalue weighted by atomic mass is 9.99. The Morgan fingerprint density at radius 2 is 1.76 bits per heavy atom. The standard InChI is InChI=1S/C23H26FN3OS/c1-14(2)12-27-22(18-8-6-7-9-20(18)24)25-26-23(27)29-13-21(28)19-11-16(4)15(3)10-17(19)5/h6-11,14H,12-13H2,1-5H3. The van der Waals surface area contributed by atoms with E-state index in [2.05, 4.69) is 24.0 Å². The molecule has 4 nitrogen and oxygen atoms in total. The van der Waals surface area contributed by atoms with Crippen LogP contribution in [0, 0.1) is 32.5 Å². The number of rotatable bonds is 7. The number of carbonyl (C=O) groups excluding carboxylic acids is 1. The molecule has 1 heterocycles. The van der Waals surface area contributed by atoms with Gasteiger partial charge in [-0.3, -0.25) is 4.79 Å². The number of benzene rings is 2. The van der Waals surface area contributed by atoms with Gasteiger partial charge in [-0.15, -0.1) is 10.2 Å². The number of aromatic nitrogens is 3. The molecular formula is C23H26FN3OS. The number of carbonyl (C=O) groups is 1. The van der Waals surface area contributed by atoms with Crippen molar-refractivity contribution in [3.8, 4) is 11.4 Å². The second-order valence-corrected chi connectivity index (χ2v) is 8.70. The first-order valence-electron chi connectivity index (χ1n) is 9.70. The van der Waals surface area contributed by atoms with Crippen molar-refractivity contribution in [2.45, 2.75) is 46.3 Å². The van der Waals surface area contributed by atoms with E-state index in [0.717, 1.165) is 16.7 Å². The number of halogens is 1. The number of ketones is 1. The van der Waals surface area contributed by atoms with Crippen molar-refractivity contribution in [2.75, 3.05) is 5.75 Å². The van der Waals surface area contributed by atoms with Crippen LogP contribution in [0.15, 0.2) is 41.6 Å². The molecule has 0 aliphatic heterocycles. The molecule has 0 aliphatic carbocycles. The molecule has 0 atom stereocenters. The highest BCUT2D eigenvalue weighted by molar-refractivity contribution is 7.99. The molecule has 0 bridgehead atoms. The first-order chi connectivity index (χ1) is 13.8. The van der Waals surface area contributed by atoms with Crippen LogP contribution in [0.4, 0.5) is 4.39 Å². The van der Waals surface area contributed by atoms with Crippen molar-refractivity contribution in [3.63, 3.8) is 0 Å². The van der Waals surface area contributed by atoms with E-state index in [9.17, 15) is 9.18 Å². The molecule has 2 aromatic carbocycles. The zero-order valence-corrected chi connectivity index (χ0v) is 18.3. The molecule has 3 aromatic rings. The molecular weight excluding hydrogens is 385 g/mol. The van der Waals surface area contributed by atoms with Crippen molar-refractivity contribution < 1.29 is 9.18 Å². The molecule has 0 N–H and O–H groups in total. The zero-order valence-electron chi connectivity index (χ0n) is 17.5. The SMILES string of the molecule is Cc1cc(C)c(C(=O)CSc2nnc(-c3ccccc3F)n2CC(C)C)cc1C. The fourth-order valence-corrected chi connectivity index (χ4v) is 4.07. The number of hydrogen-bond acceptors (Lipinski definition) is 4. The van der Waals surface area contributed by atoms with Gasteiger partial charge >= 0.3 is 0 Å². The largest absolute Gasteiger partial charge is 0.302 e. The predicted octanol–water partition coefficient (Wildman–Crippen LogP) is 5.64. The Bertz CT molecular complexity index is 1040. The molecule has 6 heteroatoms. The summed E-state index contributed by atoms with van der Waals surface area (Å²) < 4.78 is 16.2. The number of aryl methyl sites for hydroxylation is 3. The van der Waals surface area contributed by atoms with Gasteiger partial charge in [0.15, 0.2) is 16.8 Å². The van der Waals surface area contributed by atoms with Crippen molar-refractivity contribution in [2.24, 2.45) is 5.92 Å². The van der Waals surface area contributed by atoms with E-state index in [1.165, 1.54) is 23.4 Å². The van der Waals surface area contributed by atoms with Crippen LogP contribution in [0.2, 0.25) is 0 Å². The quantitative estimate of drug-likeness (QED) is 0.373. The molecule has 29 heavy (non-hydrogen) atoms. The normalized spacial score (nSPS) is 11.3. The highest BCUT2D eigenvalue weighted by Crippen LogP contribution is 2.28. The first kappa shape index (κ1) is 21.2. The average molecular weight is 412 g/mol. The van der Waals surface area contributed by atoms with E-state index in [1.807, 2.05) is 37.5 Å². The van der Waals surface area contributed by atoms with Gasteiger partial charge < -0.3 is 4.57 Å². The van der Waals surface area contributed by atoms with Gasteiger partial charge in [-0.1, -0.05) is 43.8 Å². The predicted molar refractivity (Wildman–Crippen MR) is 116 cm³/mol. The van der Waals surface area contributed by atoms with Crippen LogP contribution < -0.4 is 0 Å². The molecule has 0 aliphatic rings. The van der Waals surface area contributed by atoms with Crippen molar-refractivity contribution in [1.29, 1.82) is 0 Å². The van der Waals surface area contributed by atoms with Crippen LogP contribution in [0.5, 0.6) is 0 Å². The van der Waals surface area contributed by atoms with Crippen LogP contribution in [-0.2, 0) is 6.54 Å². The van der Waals surface area contributed by atoms with Crippen molar-refractivity contribution in [3.05, 3.63) is 64.5 Å². The fraction of sp³-hybridized carbons (Fsp3) is 0.348. The zero-order chi connectivity index (χ0) is 21.1. The summed E-state index contributed by atoms with van der Waals surface area (Å²) in [4.78, 5) is 12.8. The Morgan fingerprint density at radius 1 is 1.07 bits per heavy atom. The van der Waals surface area contributed by atoms with E-state index in [1.54, 1.807) is 18.2 Å². The lowest BCUT2D eigenvalue weighted by Crippen LogP contribution is -2.10. The third-order valence-corrected chi connectivity index (χ3v) is 5.82. The van der Waals surface area contributed by atoms with Gasteiger partial charge in [0.2, 0.25) is 0 Å². The summed E-state index contributed by atoms with van der Waals surface area (Å²) in [6.07, 6.45) is 0. The summed E-state index contributed by atoms with van der Waals surface area (Å²) >= 11 is 1.35. The number of Topliss-reactive ketones (excluding diaryl/α,β-unsaturated/α-hetero) is 1. The van der Waals surface area contributed by atoms with Gasteiger partial charge in [0.1, 0.15) is 5.82 Å². The van der Waals surface area contributed by atoms with E-state index in [0.29, 0.717) is 29.0 Å². The summed E-state index contributed by atoms with van der Waals surface area (Å²) in [6, 6.07) is 10.6. The molecule has 0 fully saturated rings. The molecule has 152 valence electrons. The Balaban J connectivity index is 1.87. The smallest absolute Gasteiger partial charge is 0.191 e. The molecule has 0 saturated heterocycles. The van der Waals surface area contributed by atoms with Crippen LogP contribution in [0.3, 0.4) is 0 Å². The van der Waals surface area contributed by atoms with Gasteiger partial charge in [-0.2, -0.15) is 0 Å². The average Bonchev–Trinajstić information content (AvgIpc) is 3.04. The highest BCUT2D eigenvalue weighted by Gasteiger charge is 2.19. The van der Waals surface area contributed by atoms with E-state index >= 15 is 0 Å². The Hall–Kier alpha value is -2.47. The van der Waals surface area contributed by atoms with E-state index < -0.39 is 0 Å². The minimum absolute atomic E-state index is 0.0575. The lowest BCUT2D eigenvalue weighted by Gasteiger charge is -2.13. The van der Waals surface area contributed by atoms with Crippen LogP contribution >= 0.6 is 11.8 Å². The summed E-state index contributed by atoms with van der Waals surface area (Å²) in [5.41, 5.74) is 4.43. The summed E-state index contributed by atoms with van der Waals surface area (Å²) in [7, 11) is 0. The maximum atomic E-state index is 14.3. The maximum absolute atomic E-state index is 14.3. The molecule has 0 saturated carbocycles. The van der Waals surface area contributed by atoms with Crippen LogP contribution in [-0.4, -0.2) is 26.3 Å². The van der Waals surface area contributed by atoms with E-state index in [-0.39, 0.29) is 17.4 Å². The topological polar surface area (TPSA) is 47.8 Å². The van der Waals surface area contributed by atoms with Crippen LogP contribution in [0.1, 0.15) is 40.9 Å². The molecule has 0 spiro atoms. The Labute approximate surface area is 175 Å². The summed E-state index contributed by atoms with van der Waals surface area (Å²) in [5, 5.41) is 9.13. The number of nitrogens with zero attached hydrogens (tertiary/aromatic N) is 3. The molecule has 0 radical (unpaired) electrons. The molecule has 0 amide bonds. The van der Waals surface area contributed by atoms with Crippen LogP contribution in [0.25, 0.3) is 11.4 Å². The molecule has 3 rings (SSSR count). The van der Waals surface area contributed by atoms with Gasteiger partial charge in [-0.05, 0) is 61.6 Å². The van der Waals surface area contributed by atoms with Crippen molar-refractivity contribution in [1.82, 2.24) is 14.8 Å². The third-order valence-electron chi connectivity index (χ3n) is 4.85. The van der Waals surface area contributed by atoms with Gasteiger partial charge in [0.05, 0.1) is 11.3 Å². The lowest BCUT2D eigenvalue weighted by molar-refractivity contribution is 0.102. The maximum Gasteiger partial charge on any atom is 0.191 e. The summed E-state index contributed by atoms with van der Waals surface area (Å²) in [5.74, 6) is 0.810. The monoisotopic (exact) mass is 411 g/mol. The number of thioether (sulfide) groups is 1. The summed E-state index contributed by atoms with van der Waals surface area (Å²) in [6.45, 7) is 10.8. The highest BCUT2D eigenvalue weighted by atomic mass is 32.2. The molecule has 1 aromatic heterocycles. The van der Waals surface area contributed by atoms with Gasteiger partial charge in [0.25, 0.3) is 0 Å². The second kappa shape index (κ2) is 8.91. The Kier molecular flexibility index (Phi) is 6.52. The van der Waals surface area contributed by atoms with E-state index in [4.69, 9.17) is 0 Å².